The van der Waals surface area contributed by atoms with Crippen LogP contribution in [0.2, 0.25) is 0 Å². The highest BCUT2D eigenvalue weighted by atomic mass is 32.2. The second-order valence-electron chi connectivity index (χ2n) is 5.23. The molecule has 1 amide bonds. The first-order valence-corrected chi connectivity index (χ1v) is 8.37. The van der Waals surface area contributed by atoms with Crippen molar-refractivity contribution in [3.05, 3.63) is 54.5 Å². The summed E-state index contributed by atoms with van der Waals surface area (Å²) in [5, 5.41) is 10.6. The molecule has 0 radical (unpaired) electrons. The molecule has 0 bridgehead atoms. The highest BCUT2D eigenvalue weighted by molar-refractivity contribution is 8.00. The van der Waals surface area contributed by atoms with E-state index in [1.807, 2.05) is 44.2 Å². The third-order valence-corrected chi connectivity index (χ3v) is 4.58. The molecule has 0 fully saturated rings. The Morgan fingerprint density at radius 2 is 2.00 bits per heavy atom. The number of thioether (sulfide) groups is 1. The van der Waals surface area contributed by atoms with Gasteiger partial charge in [-0.2, -0.15) is 5.10 Å². The quantitative estimate of drug-likeness (QED) is 0.697. The van der Waals surface area contributed by atoms with E-state index in [4.69, 9.17) is 0 Å². The fourth-order valence-corrected chi connectivity index (χ4v) is 3.00. The summed E-state index contributed by atoms with van der Waals surface area (Å²) in [6.45, 7) is 3.77. The van der Waals surface area contributed by atoms with Gasteiger partial charge in [0.25, 0.3) is 0 Å². The van der Waals surface area contributed by atoms with Gasteiger partial charge in [0, 0.05) is 29.7 Å². The molecule has 0 aliphatic rings. The lowest BCUT2D eigenvalue weighted by atomic mass is 10.1. The Bertz CT molecular complexity index is 820. The maximum absolute atomic E-state index is 12.4. The Labute approximate surface area is 144 Å². The number of nitrogens with one attached hydrogen (secondary N) is 2. The van der Waals surface area contributed by atoms with E-state index < -0.39 is 0 Å². The van der Waals surface area contributed by atoms with Crippen molar-refractivity contribution in [2.45, 2.75) is 24.1 Å². The topological polar surface area (TPSA) is 83.6 Å². The van der Waals surface area contributed by atoms with Gasteiger partial charge >= 0.3 is 0 Å². The third kappa shape index (κ3) is 3.62. The van der Waals surface area contributed by atoms with Gasteiger partial charge in [-0.15, -0.1) is 0 Å². The van der Waals surface area contributed by atoms with Gasteiger partial charge in [-0.3, -0.25) is 14.9 Å². The summed E-state index contributed by atoms with van der Waals surface area (Å²) in [6.07, 6.45) is 5.16. The standard InChI is InChI=1S/C17H17N5OS/c1-11-15(13-6-9-18-10-7-13)21-22-16(11)20-17(23)12(2)24-14-5-3-4-8-19-14/h3-10,12H,1-2H3,(H2,20,21,22,23)/t12-/m1/s1. The molecule has 2 N–H and O–H groups in total. The number of pyridine rings is 2. The number of aromatic amines is 1. The molecule has 3 heterocycles. The molecule has 0 aliphatic heterocycles. The average molecular weight is 339 g/mol. The Morgan fingerprint density at radius 3 is 2.71 bits per heavy atom. The van der Waals surface area contributed by atoms with Crippen LogP contribution in [0, 0.1) is 6.92 Å². The van der Waals surface area contributed by atoms with Crippen LogP contribution in [0.4, 0.5) is 5.82 Å². The first kappa shape index (κ1) is 16.2. The van der Waals surface area contributed by atoms with Crippen molar-refractivity contribution >= 4 is 23.5 Å². The van der Waals surface area contributed by atoms with E-state index >= 15 is 0 Å². The molecule has 6 nitrogen and oxygen atoms in total. The van der Waals surface area contributed by atoms with E-state index in [1.54, 1.807) is 18.6 Å². The van der Waals surface area contributed by atoms with Gasteiger partial charge in [0.05, 0.1) is 16.0 Å². The van der Waals surface area contributed by atoms with Gasteiger partial charge in [0.2, 0.25) is 5.91 Å². The van der Waals surface area contributed by atoms with Gasteiger partial charge in [0.15, 0.2) is 5.82 Å². The van der Waals surface area contributed by atoms with Crippen LogP contribution in [0.15, 0.2) is 53.9 Å². The number of carbonyl (C=O) groups excluding carboxylic acids is 1. The first-order chi connectivity index (χ1) is 11.6. The lowest BCUT2D eigenvalue weighted by molar-refractivity contribution is -0.115. The fourth-order valence-electron chi connectivity index (χ4n) is 2.19. The molecule has 0 saturated heterocycles. The number of anilines is 1. The van der Waals surface area contributed by atoms with Gasteiger partial charge in [-0.25, -0.2) is 4.98 Å². The van der Waals surface area contributed by atoms with Crippen LogP contribution in [0.5, 0.6) is 0 Å². The maximum atomic E-state index is 12.4. The number of nitrogens with zero attached hydrogens (tertiary/aromatic N) is 3. The lowest BCUT2D eigenvalue weighted by Crippen LogP contribution is -2.23. The molecule has 3 aromatic rings. The number of rotatable bonds is 5. The van der Waals surface area contributed by atoms with Crippen molar-refractivity contribution in [3.8, 4) is 11.3 Å². The fraction of sp³-hybridized carbons (Fsp3) is 0.176. The molecule has 24 heavy (non-hydrogen) atoms. The molecule has 0 aromatic carbocycles. The maximum Gasteiger partial charge on any atom is 0.238 e. The van der Waals surface area contributed by atoms with Crippen molar-refractivity contribution in [3.63, 3.8) is 0 Å². The minimum absolute atomic E-state index is 0.110. The summed E-state index contributed by atoms with van der Waals surface area (Å²) in [7, 11) is 0. The summed E-state index contributed by atoms with van der Waals surface area (Å²) >= 11 is 1.41. The summed E-state index contributed by atoms with van der Waals surface area (Å²) in [6, 6.07) is 9.43. The molecule has 7 heteroatoms. The Kier molecular flexibility index (Phi) is 4.90. The Balaban J connectivity index is 1.70. The van der Waals surface area contributed by atoms with Gasteiger partial charge in [-0.05, 0) is 38.1 Å². The van der Waals surface area contributed by atoms with E-state index in [0.717, 1.165) is 21.8 Å². The van der Waals surface area contributed by atoms with Crippen molar-refractivity contribution in [1.29, 1.82) is 0 Å². The lowest BCUT2D eigenvalue weighted by Gasteiger charge is -2.10. The van der Waals surface area contributed by atoms with Crippen LogP contribution in [0.3, 0.4) is 0 Å². The van der Waals surface area contributed by atoms with Crippen molar-refractivity contribution in [2.75, 3.05) is 5.32 Å². The van der Waals surface area contributed by atoms with Crippen molar-refractivity contribution < 1.29 is 4.79 Å². The molecule has 0 spiro atoms. The highest BCUT2D eigenvalue weighted by Gasteiger charge is 2.18. The van der Waals surface area contributed by atoms with E-state index in [1.165, 1.54) is 11.8 Å². The number of aromatic nitrogens is 4. The molecule has 1 atom stereocenters. The number of H-pyrrole nitrogens is 1. The zero-order chi connectivity index (χ0) is 16.9. The van der Waals surface area contributed by atoms with Gasteiger partial charge in [0.1, 0.15) is 0 Å². The highest BCUT2D eigenvalue weighted by Crippen LogP contribution is 2.26. The summed E-state index contributed by atoms with van der Waals surface area (Å²) in [4.78, 5) is 20.6. The minimum Gasteiger partial charge on any atom is -0.308 e. The molecule has 0 unspecified atom stereocenters. The second-order valence-corrected chi connectivity index (χ2v) is 6.59. The van der Waals surface area contributed by atoms with E-state index in [2.05, 4.69) is 25.5 Å². The Morgan fingerprint density at radius 1 is 1.21 bits per heavy atom. The normalized spacial score (nSPS) is 11.9. The average Bonchev–Trinajstić information content (AvgIpc) is 2.97. The van der Waals surface area contributed by atoms with E-state index in [0.29, 0.717) is 5.82 Å². The van der Waals surface area contributed by atoms with Crippen LogP contribution < -0.4 is 5.32 Å². The zero-order valence-electron chi connectivity index (χ0n) is 13.4. The largest absolute Gasteiger partial charge is 0.308 e. The van der Waals surface area contributed by atoms with Crippen LogP contribution in [0.1, 0.15) is 12.5 Å². The van der Waals surface area contributed by atoms with Gasteiger partial charge < -0.3 is 5.32 Å². The number of hydrogen-bond donors (Lipinski definition) is 2. The van der Waals surface area contributed by atoms with Crippen molar-refractivity contribution in [1.82, 2.24) is 20.2 Å². The van der Waals surface area contributed by atoms with E-state index in [-0.39, 0.29) is 11.2 Å². The van der Waals surface area contributed by atoms with Crippen LogP contribution >= 0.6 is 11.8 Å². The van der Waals surface area contributed by atoms with E-state index in [9.17, 15) is 4.79 Å². The number of hydrogen-bond acceptors (Lipinski definition) is 5. The first-order valence-electron chi connectivity index (χ1n) is 7.49. The summed E-state index contributed by atoms with van der Waals surface area (Å²) in [5.41, 5.74) is 2.74. The molecular formula is C17H17N5OS. The summed E-state index contributed by atoms with van der Waals surface area (Å²) in [5.74, 6) is 0.432. The molecule has 3 rings (SSSR count). The molecule has 3 aromatic heterocycles. The third-order valence-electron chi connectivity index (χ3n) is 3.52. The minimum atomic E-state index is -0.277. The van der Waals surface area contributed by atoms with Gasteiger partial charge in [-0.1, -0.05) is 17.8 Å². The van der Waals surface area contributed by atoms with Crippen molar-refractivity contribution in [2.24, 2.45) is 0 Å². The molecular weight excluding hydrogens is 322 g/mol. The predicted octanol–water partition coefficient (Wildman–Crippen LogP) is 3.29. The SMILES string of the molecule is Cc1c(NC(=O)[C@@H](C)Sc2ccccn2)n[nH]c1-c1ccncc1. The van der Waals surface area contributed by atoms with Crippen LogP contribution in [-0.4, -0.2) is 31.3 Å². The monoisotopic (exact) mass is 339 g/mol. The second kappa shape index (κ2) is 7.27. The molecule has 0 aliphatic carbocycles. The van der Waals surface area contributed by atoms with Crippen LogP contribution in [-0.2, 0) is 4.79 Å². The van der Waals surface area contributed by atoms with Crippen LogP contribution in [0.25, 0.3) is 11.3 Å². The smallest absolute Gasteiger partial charge is 0.238 e. The number of amides is 1. The molecule has 0 saturated carbocycles. The Hall–Kier alpha value is -2.67. The zero-order valence-corrected chi connectivity index (χ0v) is 14.2. The predicted molar refractivity (Wildman–Crippen MR) is 94.7 cm³/mol. The summed E-state index contributed by atoms with van der Waals surface area (Å²) < 4.78 is 0. The molecule has 122 valence electrons. The number of carbonyl (C=O) groups is 1.